The number of likely N-dealkylation sites (N-methyl/N-ethyl adjacent to an activating group) is 1. The Hall–Kier alpha value is -1.56. The molecule has 122 valence electrons. The largest absolute Gasteiger partial charge is 0.324 e. The minimum Gasteiger partial charge on any atom is -0.324 e. The lowest BCUT2D eigenvalue weighted by Crippen LogP contribution is -2.31. The first-order valence-electron chi connectivity index (χ1n) is 7.16. The van der Waals surface area contributed by atoms with Crippen molar-refractivity contribution in [2.24, 2.45) is 0 Å². The SMILES string of the molecule is CN(CCSc1ccc(F)cc1)CC(=O)Nc1ccccc1Cl. The highest BCUT2D eigenvalue weighted by atomic mass is 35.5. The Morgan fingerprint density at radius 3 is 2.61 bits per heavy atom. The molecule has 0 unspecified atom stereocenters. The lowest BCUT2D eigenvalue weighted by Gasteiger charge is -2.16. The molecule has 0 fully saturated rings. The van der Waals surface area contributed by atoms with E-state index in [1.54, 1.807) is 36.0 Å². The van der Waals surface area contributed by atoms with E-state index >= 15 is 0 Å². The second-order valence-corrected chi connectivity index (χ2v) is 6.64. The van der Waals surface area contributed by atoms with E-state index in [0.29, 0.717) is 10.7 Å². The molecular formula is C17H18ClFN2OS. The normalized spacial score (nSPS) is 10.8. The van der Waals surface area contributed by atoms with Gasteiger partial charge in [0, 0.05) is 17.2 Å². The molecule has 0 radical (unpaired) electrons. The Bertz CT molecular complexity index is 651. The van der Waals surface area contributed by atoms with E-state index in [9.17, 15) is 9.18 Å². The van der Waals surface area contributed by atoms with E-state index in [4.69, 9.17) is 11.6 Å². The number of halogens is 2. The summed E-state index contributed by atoms with van der Waals surface area (Å²) in [6.45, 7) is 1.03. The summed E-state index contributed by atoms with van der Waals surface area (Å²) in [7, 11) is 1.89. The van der Waals surface area contributed by atoms with Crippen LogP contribution in [0.3, 0.4) is 0 Å². The summed E-state index contributed by atoms with van der Waals surface area (Å²) in [5.74, 6) is 0.483. The summed E-state index contributed by atoms with van der Waals surface area (Å²) >= 11 is 7.64. The minimum atomic E-state index is -0.234. The maximum absolute atomic E-state index is 12.8. The molecule has 0 aliphatic heterocycles. The van der Waals surface area contributed by atoms with Gasteiger partial charge in [-0.05, 0) is 43.4 Å². The first-order valence-corrected chi connectivity index (χ1v) is 8.52. The van der Waals surface area contributed by atoms with Gasteiger partial charge < -0.3 is 5.32 Å². The van der Waals surface area contributed by atoms with Crippen LogP contribution in [0.15, 0.2) is 53.4 Å². The summed E-state index contributed by atoms with van der Waals surface area (Å²) in [5.41, 5.74) is 0.619. The van der Waals surface area contributed by atoms with Gasteiger partial charge in [0.25, 0.3) is 0 Å². The van der Waals surface area contributed by atoms with Crippen LogP contribution in [0.5, 0.6) is 0 Å². The lowest BCUT2D eigenvalue weighted by atomic mass is 10.3. The maximum Gasteiger partial charge on any atom is 0.238 e. The van der Waals surface area contributed by atoms with Crippen LogP contribution >= 0.6 is 23.4 Å². The van der Waals surface area contributed by atoms with Crippen LogP contribution in [0.2, 0.25) is 5.02 Å². The highest BCUT2D eigenvalue weighted by molar-refractivity contribution is 7.99. The molecule has 1 N–H and O–H groups in total. The van der Waals surface area contributed by atoms with Gasteiger partial charge in [0.15, 0.2) is 0 Å². The van der Waals surface area contributed by atoms with Gasteiger partial charge in [-0.3, -0.25) is 9.69 Å². The van der Waals surface area contributed by atoms with E-state index in [0.717, 1.165) is 17.2 Å². The number of nitrogens with one attached hydrogen (secondary N) is 1. The fraction of sp³-hybridized carbons (Fsp3) is 0.235. The molecule has 0 saturated heterocycles. The molecule has 2 rings (SSSR count). The fourth-order valence-corrected chi connectivity index (χ4v) is 3.08. The van der Waals surface area contributed by atoms with Gasteiger partial charge in [-0.2, -0.15) is 0 Å². The highest BCUT2D eigenvalue weighted by Gasteiger charge is 2.08. The predicted octanol–water partition coefficient (Wildman–Crippen LogP) is 4.14. The number of hydrogen-bond acceptors (Lipinski definition) is 3. The average molecular weight is 353 g/mol. The highest BCUT2D eigenvalue weighted by Crippen LogP contribution is 2.20. The number of carbonyl (C=O) groups is 1. The number of hydrogen-bond donors (Lipinski definition) is 1. The van der Waals surface area contributed by atoms with Crippen molar-refractivity contribution in [3.63, 3.8) is 0 Å². The second-order valence-electron chi connectivity index (χ2n) is 5.07. The van der Waals surface area contributed by atoms with Crippen molar-refractivity contribution in [1.82, 2.24) is 4.90 Å². The number of carbonyl (C=O) groups excluding carboxylic acids is 1. The summed E-state index contributed by atoms with van der Waals surface area (Å²) in [4.78, 5) is 14.9. The standard InChI is InChI=1S/C17H18ClFN2OS/c1-21(10-11-23-14-8-6-13(19)7-9-14)12-17(22)20-16-5-3-2-4-15(16)18/h2-9H,10-12H2,1H3,(H,20,22). The van der Waals surface area contributed by atoms with Crippen molar-refractivity contribution in [3.8, 4) is 0 Å². The molecule has 2 aromatic carbocycles. The number of amides is 1. The lowest BCUT2D eigenvalue weighted by molar-refractivity contribution is -0.117. The minimum absolute atomic E-state index is 0.104. The number of anilines is 1. The van der Waals surface area contributed by atoms with E-state index in [1.807, 2.05) is 24.1 Å². The molecule has 2 aromatic rings. The molecule has 0 spiro atoms. The molecule has 0 bridgehead atoms. The Labute approximate surface area is 144 Å². The summed E-state index contributed by atoms with van der Waals surface area (Å²) in [5, 5.41) is 3.32. The Kier molecular flexibility index (Phi) is 6.89. The van der Waals surface area contributed by atoms with Crippen LogP contribution in [0.25, 0.3) is 0 Å². The second kappa shape index (κ2) is 8.91. The van der Waals surface area contributed by atoms with Gasteiger partial charge in [-0.25, -0.2) is 4.39 Å². The zero-order chi connectivity index (χ0) is 16.7. The summed E-state index contributed by atoms with van der Waals surface area (Å²) in [6.07, 6.45) is 0. The molecule has 0 aromatic heterocycles. The predicted molar refractivity (Wildman–Crippen MR) is 94.7 cm³/mol. The quantitative estimate of drug-likeness (QED) is 0.760. The van der Waals surface area contributed by atoms with Gasteiger partial charge in [0.05, 0.1) is 17.3 Å². The van der Waals surface area contributed by atoms with Gasteiger partial charge >= 0.3 is 0 Å². The molecule has 6 heteroatoms. The smallest absolute Gasteiger partial charge is 0.238 e. The molecular weight excluding hydrogens is 335 g/mol. The van der Waals surface area contributed by atoms with Gasteiger partial charge in [0.2, 0.25) is 5.91 Å². The molecule has 3 nitrogen and oxygen atoms in total. The van der Waals surface area contributed by atoms with Crippen molar-refractivity contribution in [2.45, 2.75) is 4.90 Å². The van der Waals surface area contributed by atoms with E-state index < -0.39 is 0 Å². The van der Waals surface area contributed by atoms with Crippen LogP contribution in [0.4, 0.5) is 10.1 Å². The number of rotatable bonds is 7. The van der Waals surface area contributed by atoms with Crippen molar-refractivity contribution in [2.75, 3.05) is 31.2 Å². The number of para-hydroxylation sites is 1. The van der Waals surface area contributed by atoms with Crippen LogP contribution in [-0.4, -0.2) is 36.7 Å². The van der Waals surface area contributed by atoms with Crippen molar-refractivity contribution in [1.29, 1.82) is 0 Å². The zero-order valence-electron chi connectivity index (χ0n) is 12.8. The number of thioether (sulfide) groups is 1. The van der Waals surface area contributed by atoms with Gasteiger partial charge in [-0.15, -0.1) is 11.8 Å². The monoisotopic (exact) mass is 352 g/mol. The van der Waals surface area contributed by atoms with E-state index in [1.165, 1.54) is 12.1 Å². The van der Waals surface area contributed by atoms with Crippen LogP contribution < -0.4 is 5.32 Å². The summed E-state index contributed by atoms with van der Waals surface area (Å²) < 4.78 is 12.8. The third-order valence-electron chi connectivity index (χ3n) is 3.12. The molecule has 0 heterocycles. The first-order chi connectivity index (χ1) is 11.0. The van der Waals surface area contributed by atoms with E-state index in [2.05, 4.69) is 5.32 Å². The van der Waals surface area contributed by atoms with Crippen LogP contribution in [0, 0.1) is 5.82 Å². The van der Waals surface area contributed by atoms with Gasteiger partial charge in [-0.1, -0.05) is 23.7 Å². The van der Waals surface area contributed by atoms with Crippen LogP contribution in [0.1, 0.15) is 0 Å². The van der Waals surface area contributed by atoms with Gasteiger partial charge in [0.1, 0.15) is 5.82 Å². The Morgan fingerprint density at radius 1 is 1.22 bits per heavy atom. The third-order valence-corrected chi connectivity index (χ3v) is 4.44. The molecule has 1 amide bonds. The third kappa shape index (κ3) is 6.22. The topological polar surface area (TPSA) is 32.3 Å². The molecule has 23 heavy (non-hydrogen) atoms. The molecule has 0 aliphatic carbocycles. The number of benzene rings is 2. The van der Waals surface area contributed by atoms with Crippen molar-refractivity contribution < 1.29 is 9.18 Å². The molecule has 0 atom stereocenters. The zero-order valence-corrected chi connectivity index (χ0v) is 14.3. The Morgan fingerprint density at radius 2 is 1.91 bits per heavy atom. The van der Waals surface area contributed by atoms with Crippen molar-refractivity contribution in [3.05, 3.63) is 59.4 Å². The maximum atomic E-state index is 12.8. The van der Waals surface area contributed by atoms with E-state index in [-0.39, 0.29) is 18.3 Å². The first kappa shape index (κ1) is 17.8. The average Bonchev–Trinajstić information content (AvgIpc) is 2.51. The fourth-order valence-electron chi connectivity index (χ4n) is 1.93. The molecule has 0 aliphatic rings. The summed E-state index contributed by atoms with van der Waals surface area (Å²) in [6, 6.07) is 13.5. The number of nitrogens with zero attached hydrogens (tertiary/aromatic N) is 1. The van der Waals surface area contributed by atoms with Crippen LogP contribution in [-0.2, 0) is 4.79 Å². The van der Waals surface area contributed by atoms with Crippen molar-refractivity contribution >= 4 is 35.0 Å². The Balaban J connectivity index is 1.71. The molecule has 0 saturated carbocycles.